The van der Waals surface area contributed by atoms with Gasteiger partial charge in [0.1, 0.15) is 18.0 Å². The van der Waals surface area contributed by atoms with Crippen LogP contribution in [0.25, 0.3) is 10.9 Å². The predicted molar refractivity (Wildman–Crippen MR) is 90.9 cm³/mol. The minimum atomic E-state index is -4.65. The predicted octanol–water partition coefficient (Wildman–Crippen LogP) is 4.64. The van der Waals surface area contributed by atoms with E-state index in [1.165, 1.54) is 6.33 Å². The van der Waals surface area contributed by atoms with Crippen LogP contribution >= 0.6 is 0 Å². The Bertz CT molecular complexity index is 982. The normalized spacial score (nSPS) is 11.1. The summed E-state index contributed by atoms with van der Waals surface area (Å²) in [4.78, 5) is 8.31. The van der Waals surface area contributed by atoms with Crippen molar-refractivity contribution in [2.45, 2.75) is 12.6 Å². The van der Waals surface area contributed by atoms with Gasteiger partial charge in [-0.2, -0.15) is 13.2 Å². The molecule has 0 aliphatic carbocycles. The maximum absolute atomic E-state index is 13.1. The third-order valence-electron chi connectivity index (χ3n) is 3.60. The molecule has 3 nitrogen and oxygen atoms in total. The van der Waals surface area contributed by atoms with Gasteiger partial charge in [-0.25, -0.2) is 14.4 Å². The molecule has 0 radical (unpaired) electrons. The summed E-state index contributed by atoms with van der Waals surface area (Å²) in [6, 6.07) is 9.92. The van der Waals surface area contributed by atoms with Crippen LogP contribution in [0.2, 0.25) is 0 Å². The summed E-state index contributed by atoms with van der Waals surface area (Å²) in [7, 11) is 0. The van der Waals surface area contributed by atoms with Crippen LogP contribution in [-0.4, -0.2) is 16.5 Å². The quantitative estimate of drug-likeness (QED) is 0.421. The molecule has 0 saturated carbocycles. The molecule has 3 rings (SSSR count). The Kier molecular flexibility index (Phi) is 5.03. The lowest BCUT2D eigenvalue weighted by Crippen LogP contribution is -2.08. The number of rotatable bonds is 3. The average Bonchev–Trinajstić information content (AvgIpc) is 2.62. The van der Waals surface area contributed by atoms with Crippen LogP contribution in [0.15, 0.2) is 48.8 Å². The van der Waals surface area contributed by atoms with E-state index in [0.717, 1.165) is 23.0 Å². The molecule has 0 amide bonds. The number of alkyl halides is 3. The van der Waals surface area contributed by atoms with E-state index in [-0.39, 0.29) is 5.56 Å². The van der Waals surface area contributed by atoms with Gasteiger partial charge in [0.25, 0.3) is 0 Å². The zero-order chi connectivity index (χ0) is 18.6. The van der Waals surface area contributed by atoms with Crippen molar-refractivity contribution in [1.29, 1.82) is 0 Å². The number of fused-ring (bicyclic) bond motifs is 1. The van der Waals surface area contributed by atoms with E-state index in [1.807, 2.05) is 24.3 Å². The fraction of sp³-hybridized carbons (Fsp3) is 0.158. The second kappa shape index (κ2) is 7.40. The second-order valence-corrected chi connectivity index (χ2v) is 5.41. The summed E-state index contributed by atoms with van der Waals surface area (Å²) in [6.45, 7) is 0.399. The Morgan fingerprint density at radius 2 is 1.85 bits per heavy atom. The Hall–Kier alpha value is -3.14. The second-order valence-electron chi connectivity index (χ2n) is 5.41. The van der Waals surface area contributed by atoms with Crippen molar-refractivity contribution in [1.82, 2.24) is 9.97 Å². The first kappa shape index (κ1) is 17.7. The van der Waals surface area contributed by atoms with Crippen LogP contribution < -0.4 is 5.32 Å². The first-order chi connectivity index (χ1) is 12.4. The van der Waals surface area contributed by atoms with Gasteiger partial charge in [0.05, 0.1) is 11.1 Å². The molecule has 0 aliphatic rings. The number of aromatic nitrogens is 2. The number of hydrogen-bond donors (Lipinski definition) is 1. The van der Waals surface area contributed by atoms with Gasteiger partial charge in [0.2, 0.25) is 0 Å². The average molecular weight is 359 g/mol. The fourth-order valence-corrected chi connectivity index (χ4v) is 2.41. The van der Waals surface area contributed by atoms with Gasteiger partial charge in [-0.15, -0.1) is 0 Å². The Morgan fingerprint density at radius 1 is 1.04 bits per heavy atom. The van der Waals surface area contributed by atoms with Gasteiger partial charge in [-0.05, 0) is 30.3 Å². The van der Waals surface area contributed by atoms with Crippen molar-refractivity contribution < 1.29 is 17.6 Å². The molecule has 0 unspecified atom stereocenters. The summed E-state index contributed by atoms with van der Waals surface area (Å²) >= 11 is 0. The maximum atomic E-state index is 13.1. The van der Waals surface area contributed by atoms with Crippen LogP contribution in [0, 0.1) is 17.7 Å². The number of nitrogens with zero attached hydrogens (tertiary/aromatic N) is 2. The molecule has 1 aromatic heterocycles. The van der Waals surface area contributed by atoms with Gasteiger partial charge < -0.3 is 5.32 Å². The van der Waals surface area contributed by atoms with Crippen LogP contribution in [0.5, 0.6) is 0 Å². The minimum absolute atomic E-state index is 0.244. The highest BCUT2D eigenvalue weighted by molar-refractivity contribution is 5.88. The lowest BCUT2D eigenvalue weighted by Gasteiger charge is -2.09. The molecule has 0 atom stereocenters. The molecule has 0 saturated heterocycles. The van der Waals surface area contributed by atoms with Crippen molar-refractivity contribution in [3.63, 3.8) is 0 Å². The monoisotopic (exact) mass is 359 g/mol. The third kappa shape index (κ3) is 4.09. The van der Waals surface area contributed by atoms with E-state index in [0.29, 0.717) is 24.8 Å². The summed E-state index contributed by atoms with van der Waals surface area (Å²) in [5.74, 6) is 4.82. The topological polar surface area (TPSA) is 37.8 Å². The van der Waals surface area contributed by atoms with E-state index in [4.69, 9.17) is 0 Å². The van der Waals surface area contributed by atoms with Crippen LogP contribution in [0.4, 0.5) is 23.4 Å². The van der Waals surface area contributed by atoms with Crippen LogP contribution in [0.1, 0.15) is 17.5 Å². The van der Waals surface area contributed by atoms with Crippen molar-refractivity contribution in [2.75, 3.05) is 11.9 Å². The van der Waals surface area contributed by atoms with Crippen molar-refractivity contribution in [3.8, 4) is 11.8 Å². The van der Waals surface area contributed by atoms with Gasteiger partial charge in [0, 0.05) is 23.9 Å². The summed E-state index contributed by atoms with van der Waals surface area (Å²) in [5, 5.41) is 3.94. The molecule has 0 aliphatic heterocycles. The van der Waals surface area contributed by atoms with Crippen molar-refractivity contribution in [3.05, 3.63) is 65.7 Å². The summed E-state index contributed by atoms with van der Waals surface area (Å²) in [6.07, 6.45) is -2.91. The third-order valence-corrected chi connectivity index (χ3v) is 3.60. The Morgan fingerprint density at radius 3 is 2.65 bits per heavy atom. The highest BCUT2D eigenvalue weighted by Gasteiger charge is 2.33. The van der Waals surface area contributed by atoms with Crippen LogP contribution in [0.3, 0.4) is 0 Å². The zero-order valence-electron chi connectivity index (χ0n) is 13.4. The number of benzene rings is 2. The van der Waals surface area contributed by atoms with E-state index < -0.39 is 17.6 Å². The van der Waals surface area contributed by atoms with E-state index >= 15 is 0 Å². The fourth-order valence-electron chi connectivity index (χ4n) is 2.41. The van der Waals surface area contributed by atoms with Gasteiger partial charge >= 0.3 is 6.18 Å². The SMILES string of the molecule is Fc1ccc(C#CCCNc2ncnc3ccccc23)c(C(F)(F)F)c1. The molecule has 132 valence electrons. The number of nitrogens with one attached hydrogen (secondary N) is 1. The molecular formula is C19H13F4N3. The molecule has 0 bridgehead atoms. The molecule has 0 spiro atoms. The maximum Gasteiger partial charge on any atom is 0.417 e. The van der Waals surface area contributed by atoms with E-state index in [1.54, 1.807) is 0 Å². The van der Waals surface area contributed by atoms with Gasteiger partial charge in [-0.3, -0.25) is 0 Å². The molecule has 0 fully saturated rings. The molecule has 7 heteroatoms. The molecular weight excluding hydrogens is 346 g/mol. The number of halogens is 4. The molecule has 2 aromatic carbocycles. The standard InChI is InChI=1S/C19H13F4N3/c20-14-9-8-13(16(11-14)19(21,22)23)5-3-4-10-24-18-15-6-1-2-7-17(15)25-12-26-18/h1-2,6-9,11-12H,4,10H2,(H,24,25,26). The number of para-hydroxylation sites is 1. The molecule has 1 N–H and O–H groups in total. The van der Waals surface area contributed by atoms with E-state index in [9.17, 15) is 17.6 Å². The van der Waals surface area contributed by atoms with Crippen molar-refractivity contribution >= 4 is 16.7 Å². The van der Waals surface area contributed by atoms with Gasteiger partial charge in [0.15, 0.2) is 0 Å². The van der Waals surface area contributed by atoms with Crippen LogP contribution in [-0.2, 0) is 6.18 Å². The summed E-state index contributed by atoms with van der Waals surface area (Å²) < 4.78 is 51.8. The van der Waals surface area contributed by atoms with Gasteiger partial charge in [-0.1, -0.05) is 24.0 Å². The largest absolute Gasteiger partial charge is 0.417 e. The molecule has 26 heavy (non-hydrogen) atoms. The number of hydrogen-bond acceptors (Lipinski definition) is 3. The lowest BCUT2D eigenvalue weighted by atomic mass is 10.1. The molecule has 1 heterocycles. The smallest absolute Gasteiger partial charge is 0.368 e. The Labute approximate surface area is 147 Å². The summed E-state index contributed by atoms with van der Waals surface area (Å²) in [5.41, 5.74) is -0.525. The highest BCUT2D eigenvalue weighted by Crippen LogP contribution is 2.32. The number of anilines is 1. The van der Waals surface area contributed by atoms with E-state index in [2.05, 4.69) is 27.1 Å². The molecule has 3 aromatic rings. The zero-order valence-corrected chi connectivity index (χ0v) is 13.4. The van der Waals surface area contributed by atoms with Crippen molar-refractivity contribution in [2.24, 2.45) is 0 Å². The minimum Gasteiger partial charge on any atom is -0.368 e. The highest BCUT2D eigenvalue weighted by atomic mass is 19.4. The first-order valence-electron chi connectivity index (χ1n) is 7.74. The lowest BCUT2D eigenvalue weighted by molar-refractivity contribution is -0.137. The first-order valence-corrected chi connectivity index (χ1v) is 7.74. The Balaban J connectivity index is 1.68.